The highest BCUT2D eigenvalue weighted by molar-refractivity contribution is 6.31. The molecule has 0 N–H and O–H groups in total. The zero-order valence-electron chi connectivity index (χ0n) is 22.5. The first-order valence-corrected chi connectivity index (χ1v) is 13.2. The molecule has 0 saturated carbocycles. The summed E-state index contributed by atoms with van der Waals surface area (Å²) in [5.74, 6) is -1.08. The van der Waals surface area contributed by atoms with Crippen LogP contribution in [0.2, 0.25) is 10.0 Å². The first kappa shape index (κ1) is 27.8. The van der Waals surface area contributed by atoms with Crippen molar-refractivity contribution in [1.29, 1.82) is 0 Å². The molecule has 9 nitrogen and oxygen atoms in total. The molecule has 0 bridgehead atoms. The number of carbonyl (C=O) groups is 1. The topological polar surface area (TPSA) is 85.6 Å². The number of amides is 1. The second-order valence-electron chi connectivity index (χ2n) is 9.68. The molecule has 1 aliphatic rings. The highest BCUT2D eigenvalue weighted by Gasteiger charge is 2.46. The van der Waals surface area contributed by atoms with Crippen LogP contribution >= 0.6 is 23.2 Å². The number of halogens is 3. The summed E-state index contributed by atoms with van der Waals surface area (Å²) < 4.78 is 27.8. The van der Waals surface area contributed by atoms with Crippen LogP contribution in [0.15, 0.2) is 48.7 Å². The average Bonchev–Trinajstić information content (AvgIpc) is 3.45. The molecule has 208 valence electrons. The van der Waals surface area contributed by atoms with E-state index in [0.717, 1.165) is 11.3 Å². The molecule has 2 aromatic heterocycles. The summed E-state index contributed by atoms with van der Waals surface area (Å²) in [4.78, 5) is 26.1. The average molecular weight is 585 g/mol. The molecule has 0 fully saturated rings. The van der Waals surface area contributed by atoms with Crippen LogP contribution in [0.25, 0.3) is 5.69 Å². The number of rotatable bonds is 8. The molecule has 0 aliphatic carbocycles. The zero-order valence-corrected chi connectivity index (χ0v) is 24.0. The van der Waals surface area contributed by atoms with Gasteiger partial charge in [-0.2, -0.15) is 10.1 Å². The van der Waals surface area contributed by atoms with Gasteiger partial charge in [-0.3, -0.25) is 9.69 Å². The minimum absolute atomic E-state index is 0.0542. The molecule has 0 saturated heterocycles. The standard InChI is InChI=1S/C28H27Cl2FN6O3/c1-15(14-35(2)3)24-21-23(34-37(24)20-13-32-28(40-5)33-26(20)39-4)27(38)36(19-8-6-7-18(30)22(19)31)25(21)16-9-11-17(29)12-10-16/h6-13,15,25H,14H2,1-5H3. The summed E-state index contributed by atoms with van der Waals surface area (Å²) in [6, 6.07) is 11.1. The number of anilines is 1. The third-order valence-electron chi connectivity index (χ3n) is 6.71. The van der Waals surface area contributed by atoms with Crippen molar-refractivity contribution >= 4 is 34.8 Å². The van der Waals surface area contributed by atoms with Gasteiger partial charge in [0.05, 0.1) is 42.9 Å². The van der Waals surface area contributed by atoms with E-state index < -0.39 is 17.8 Å². The summed E-state index contributed by atoms with van der Waals surface area (Å²) in [5.41, 5.74) is 2.76. The maximum Gasteiger partial charge on any atom is 0.319 e. The van der Waals surface area contributed by atoms with E-state index in [4.69, 9.17) is 37.8 Å². The highest BCUT2D eigenvalue weighted by Crippen LogP contribution is 2.47. The lowest BCUT2D eigenvalue weighted by molar-refractivity contribution is 0.0987. The fourth-order valence-electron chi connectivity index (χ4n) is 5.15. The number of nitrogens with zero attached hydrogens (tertiary/aromatic N) is 6. The van der Waals surface area contributed by atoms with Crippen LogP contribution in [0.3, 0.4) is 0 Å². The SMILES string of the molecule is COc1ncc(-n2nc3c(c2C(C)CN(C)C)C(c2ccc(Cl)cc2)N(c2cccc(Cl)c2F)C3=O)c(OC)n1. The second-order valence-corrected chi connectivity index (χ2v) is 10.5. The molecular formula is C28H27Cl2FN6O3. The van der Waals surface area contributed by atoms with Crippen LogP contribution in [0.4, 0.5) is 10.1 Å². The predicted molar refractivity (Wildman–Crippen MR) is 151 cm³/mol. The summed E-state index contributed by atoms with van der Waals surface area (Å²) in [6.07, 6.45) is 1.54. The Bertz CT molecular complexity index is 1580. The van der Waals surface area contributed by atoms with Gasteiger partial charge in [-0.15, -0.1) is 0 Å². The van der Waals surface area contributed by atoms with Gasteiger partial charge in [0.1, 0.15) is 5.69 Å². The molecule has 5 rings (SSSR count). The first-order valence-electron chi connectivity index (χ1n) is 12.4. The van der Waals surface area contributed by atoms with E-state index >= 15 is 4.39 Å². The van der Waals surface area contributed by atoms with Crippen LogP contribution in [-0.4, -0.2) is 65.4 Å². The number of hydrogen-bond donors (Lipinski definition) is 0. The summed E-state index contributed by atoms with van der Waals surface area (Å²) in [5, 5.41) is 5.23. The van der Waals surface area contributed by atoms with Crippen molar-refractivity contribution in [3.63, 3.8) is 0 Å². The van der Waals surface area contributed by atoms with E-state index in [9.17, 15) is 4.79 Å². The first-order chi connectivity index (χ1) is 19.2. The fourth-order valence-corrected chi connectivity index (χ4v) is 5.44. The Kier molecular flexibility index (Phi) is 7.67. The lowest BCUT2D eigenvalue weighted by Crippen LogP contribution is -2.31. The van der Waals surface area contributed by atoms with Gasteiger partial charge < -0.3 is 14.4 Å². The van der Waals surface area contributed by atoms with E-state index in [1.807, 2.05) is 38.1 Å². The predicted octanol–water partition coefficient (Wildman–Crippen LogP) is 5.54. The molecule has 2 unspecified atom stereocenters. The van der Waals surface area contributed by atoms with Crippen molar-refractivity contribution in [2.75, 3.05) is 39.8 Å². The van der Waals surface area contributed by atoms with Gasteiger partial charge in [0.15, 0.2) is 11.5 Å². The Balaban J connectivity index is 1.81. The molecule has 0 radical (unpaired) electrons. The van der Waals surface area contributed by atoms with Crippen LogP contribution in [0.1, 0.15) is 46.2 Å². The van der Waals surface area contributed by atoms with Gasteiger partial charge in [-0.25, -0.2) is 14.1 Å². The number of likely N-dealkylation sites (N-methyl/N-ethyl adjacent to an activating group) is 1. The minimum Gasteiger partial charge on any atom is -0.479 e. The third-order valence-corrected chi connectivity index (χ3v) is 7.26. The number of ether oxygens (including phenoxy) is 2. The maximum absolute atomic E-state index is 15.4. The molecule has 3 heterocycles. The summed E-state index contributed by atoms with van der Waals surface area (Å²) in [7, 11) is 6.87. The molecule has 12 heteroatoms. The van der Waals surface area contributed by atoms with E-state index in [-0.39, 0.29) is 34.2 Å². The number of carbonyl (C=O) groups excluding carboxylic acids is 1. The summed E-state index contributed by atoms with van der Waals surface area (Å²) in [6.45, 7) is 2.67. The molecule has 4 aromatic rings. The molecule has 0 spiro atoms. The van der Waals surface area contributed by atoms with Crippen LogP contribution in [0.5, 0.6) is 11.9 Å². The molecule has 40 heavy (non-hydrogen) atoms. The van der Waals surface area contributed by atoms with Gasteiger partial charge in [0, 0.05) is 23.0 Å². The van der Waals surface area contributed by atoms with Crippen molar-refractivity contribution in [2.45, 2.75) is 18.9 Å². The Morgan fingerprint density at radius 1 is 1.07 bits per heavy atom. The van der Waals surface area contributed by atoms with Crippen molar-refractivity contribution in [3.05, 3.63) is 87.0 Å². The van der Waals surface area contributed by atoms with Crippen molar-refractivity contribution in [3.8, 4) is 17.6 Å². The Morgan fingerprint density at radius 2 is 1.80 bits per heavy atom. The molecule has 2 aromatic carbocycles. The van der Waals surface area contributed by atoms with Crippen LogP contribution < -0.4 is 14.4 Å². The second kappa shape index (κ2) is 11.0. The van der Waals surface area contributed by atoms with Crippen LogP contribution in [0, 0.1) is 5.82 Å². The van der Waals surface area contributed by atoms with E-state index in [1.54, 1.807) is 22.9 Å². The summed E-state index contributed by atoms with van der Waals surface area (Å²) >= 11 is 12.4. The van der Waals surface area contributed by atoms with E-state index in [0.29, 0.717) is 22.8 Å². The maximum atomic E-state index is 15.4. The number of methoxy groups -OCH3 is 2. The monoisotopic (exact) mass is 584 g/mol. The Hall–Kier alpha value is -3.73. The van der Waals surface area contributed by atoms with E-state index in [1.165, 1.54) is 37.4 Å². The fraction of sp³-hybridized carbons (Fsp3) is 0.286. The lowest BCUT2D eigenvalue weighted by atomic mass is 9.93. The Labute approximate surface area is 241 Å². The third kappa shape index (κ3) is 4.76. The van der Waals surface area contributed by atoms with Crippen molar-refractivity contribution in [2.24, 2.45) is 0 Å². The van der Waals surface area contributed by atoms with Gasteiger partial charge in [0.2, 0.25) is 5.88 Å². The Morgan fingerprint density at radius 3 is 2.45 bits per heavy atom. The molecule has 1 aliphatic heterocycles. The number of hydrogen-bond acceptors (Lipinski definition) is 7. The van der Waals surface area contributed by atoms with Gasteiger partial charge in [0.25, 0.3) is 5.91 Å². The lowest BCUT2D eigenvalue weighted by Gasteiger charge is -2.29. The van der Waals surface area contributed by atoms with Gasteiger partial charge in [-0.1, -0.05) is 48.3 Å². The molecule has 2 atom stereocenters. The highest BCUT2D eigenvalue weighted by atomic mass is 35.5. The smallest absolute Gasteiger partial charge is 0.319 e. The minimum atomic E-state index is -0.716. The quantitative estimate of drug-likeness (QED) is 0.269. The molecule has 1 amide bonds. The zero-order chi connectivity index (χ0) is 28.7. The van der Waals surface area contributed by atoms with Crippen molar-refractivity contribution < 1.29 is 18.7 Å². The largest absolute Gasteiger partial charge is 0.479 e. The van der Waals surface area contributed by atoms with Gasteiger partial charge in [-0.05, 0) is 43.9 Å². The van der Waals surface area contributed by atoms with Crippen molar-refractivity contribution in [1.82, 2.24) is 24.6 Å². The van der Waals surface area contributed by atoms with E-state index in [2.05, 4.69) is 9.97 Å². The normalized spacial score (nSPS) is 15.5. The number of fused-ring (bicyclic) bond motifs is 1. The number of benzene rings is 2. The molecular weight excluding hydrogens is 558 g/mol. The van der Waals surface area contributed by atoms with Gasteiger partial charge >= 0.3 is 6.01 Å². The van der Waals surface area contributed by atoms with Crippen LogP contribution in [-0.2, 0) is 0 Å². The number of aromatic nitrogens is 4.